The molecule has 2 rings (SSSR count). The van der Waals surface area contributed by atoms with E-state index in [1.807, 2.05) is 0 Å². The van der Waals surface area contributed by atoms with Crippen LogP contribution < -0.4 is 10.1 Å². The standard InChI is InChI=1S/C14H7Cl6NO2/c15-6-2-1-3-7(16)13(6)21-10(22)5-23-14-9(18)4-8(17)11(19)12(14)20/h1-4H,5H2,(H,21,22). The number of anilines is 1. The van der Waals surface area contributed by atoms with Gasteiger partial charge in [-0.1, -0.05) is 75.7 Å². The molecule has 0 aliphatic heterocycles. The van der Waals surface area contributed by atoms with E-state index in [0.29, 0.717) is 10.0 Å². The summed E-state index contributed by atoms with van der Waals surface area (Å²) in [5.74, 6) is -0.443. The summed E-state index contributed by atoms with van der Waals surface area (Å²) in [6, 6.07) is 6.22. The Labute approximate surface area is 162 Å². The van der Waals surface area contributed by atoms with E-state index in [0.717, 1.165) is 0 Å². The van der Waals surface area contributed by atoms with Crippen LogP contribution in [0.2, 0.25) is 30.1 Å². The zero-order valence-corrected chi connectivity index (χ0v) is 15.6. The van der Waals surface area contributed by atoms with Gasteiger partial charge in [0.05, 0.1) is 30.8 Å². The summed E-state index contributed by atoms with van der Waals surface area (Å²) in [5.41, 5.74) is 0.288. The zero-order valence-electron chi connectivity index (χ0n) is 11.1. The summed E-state index contributed by atoms with van der Waals surface area (Å²) in [6.45, 7) is -0.376. The SMILES string of the molecule is O=C(COc1c(Cl)cc(Cl)c(Cl)c1Cl)Nc1c(Cl)cccc1Cl. The first-order valence-electron chi connectivity index (χ1n) is 6.01. The van der Waals surface area contributed by atoms with Crippen molar-refractivity contribution in [2.45, 2.75) is 0 Å². The van der Waals surface area contributed by atoms with Gasteiger partial charge in [-0.15, -0.1) is 0 Å². The fourth-order valence-electron chi connectivity index (χ4n) is 1.61. The number of carbonyl (C=O) groups is 1. The number of nitrogens with one attached hydrogen (secondary N) is 1. The van der Waals surface area contributed by atoms with Crippen LogP contribution in [0.3, 0.4) is 0 Å². The van der Waals surface area contributed by atoms with E-state index in [1.54, 1.807) is 18.2 Å². The van der Waals surface area contributed by atoms with Gasteiger partial charge in [0.15, 0.2) is 12.4 Å². The molecule has 0 aromatic heterocycles. The van der Waals surface area contributed by atoms with Crippen LogP contribution in [0.1, 0.15) is 0 Å². The van der Waals surface area contributed by atoms with Gasteiger partial charge in [0.1, 0.15) is 5.02 Å². The van der Waals surface area contributed by atoms with Crippen LogP contribution in [0.15, 0.2) is 24.3 Å². The minimum Gasteiger partial charge on any atom is -0.481 e. The molecular weight excluding hydrogens is 427 g/mol. The number of para-hydroxylation sites is 1. The highest BCUT2D eigenvalue weighted by Gasteiger charge is 2.17. The molecule has 3 nitrogen and oxygen atoms in total. The molecule has 0 radical (unpaired) electrons. The first-order chi connectivity index (χ1) is 10.8. The molecule has 0 spiro atoms. The first kappa shape index (κ1) is 18.8. The largest absolute Gasteiger partial charge is 0.481 e. The van der Waals surface area contributed by atoms with Crippen molar-refractivity contribution in [2.24, 2.45) is 0 Å². The number of ether oxygens (including phenoxy) is 1. The topological polar surface area (TPSA) is 38.3 Å². The summed E-state index contributed by atoms with van der Waals surface area (Å²) < 4.78 is 5.31. The van der Waals surface area contributed by atoms with Gasteiger partial charge in [-0.2, -0.15) is 0 Å². The number of rotatable bonds is 4. The molecule has 122 valence electrons. The third-order valence-electron chi connectivity index (χ3n) is 2.65. The molecule has 0 unspecified atom stereocenters. The van der Waals surface area contributed by atoms with E-state index in [2.05, 4.69) is 5.32 Å². The minimum atomic E-state index is -0.502. The molecular formula is C14H7Cl6NO2. The van der Waals surface area contributed by atoms with Gasteiger partial charge in [0.25, 0.3) is 5.91 Å². The molecule has 0 atom stereocenters. The van der Waals surface area contributed by atoms with Gasteiger partial charge in [-0.3, -0.25) is 4.79 Å². The van der Waals surface area contributed by atoms with Crippen LogP contribution in [-0.2, 0) is 4.79 Å². The molecule has 1 amide bonds. The first-order valence-corrected chi connectivity index (χ1v) is 8.27. The second-order valence-electron chi connectivity index (χ2n) is 4.23. The summed E-state index contributed by atoms with van der Waals surface area (Å²) >= 11 is 35.6. The zero-order chi connectivity index (χ0) is 17.1. The van der Waals surface area contributed by atoms with E-state index in [9.17, 15) is 4.79 Å². The van der Waals surface area contributed by atoms with Crippen molar-refractivity contribution in [3.8, 4) is 5.75 Å². The maximum atomic E-state index is 12.0. The number of carbonyl (C=O) groups excluding carboxylic acids is 1. The van der Waals surface area contributed by atoms with Crippen LogP contribution in [0.5, 0.6) is 5.75 Å². The monoisotopic (exact) mass is 431 g/mol. The van der Waals surface area contributed by atoms with Crippen LogP contribution in [0.4, 0.5) is 5.69 Å². The Balaban J connectivity index is 2.10. The van der Waals surface area contributed by atoms with Crippen molar-refractivity contribution in [1.82, 2.24) is 0 Å². The second kappa shape index (κ2) is 8.02. The Kier molecular flexibility index (Phi) is 6.55. The smallest absolute Gasteiger partial charge is 0.262 e. The highest BCUT2D eigenvalue weighted by molar-refractivity contribution is 6.50. The number of benzene rings is 2. The van der Waals surface area contributed by atoms with Crippen LogP contribution >= 0.6 is 69.6 Å². The van der Waals surface area contributed by atoms with E-state index in [-0.39, 0.29) is 38.1 Å². The molecule has 0 aliphatic carbocycles. The predicted octanol–water partition coefficient (Wildman–Crippen LogP) is 6.62. The summed E-state index contributed by atoms with van der Waals surface area (Å²) in [4.78, 5) is 12.0. The minimum absolute atomic E-state index is 0.0211. The van der Waals surface area contributed by atoms with Crippen molar-refractivity contribution in [3.05, 3.63) is 54.4 Å². The molecule has 2 aromatic rings. The lowest BCUT2D eigenvalue weighted by molar-refractivity contribution is -0.118. The van der Waals surface area contributed by atoms with Gasteiger partial charge < -0.3 is 10.1 Å². The third kappa shape index (κ3) is 4.50. The van der Waals surface area contributed by atoms with Crippen molar-refractivity contribution in [2.75, 3.05) is 11.9 Å². The molecule has 23 heavy (non-hydrogen) atoms. The second-order valence-corrected chi connectivity index (χ2v) is 6.62. The highest BCUT2D eigenvalue weighted by atomic mass is 35.5. The van der Waals surface area contributed by atoms with E-state index >= 15 is 0 Å². The normalized spacial score (nSPS) is 10.5. The molecule has 0 bridgehead atoms. The Morgan fingerprint density at radius 3 is 2.13 bits per heavy atom. The fourth-order valence-corrected chi connectivity index (χ4v) is 3.12. The maximum absolute atomic E-state index is 12.0. The molecule has 0 saturated heterocycles. The molecule has 0 fully saturated rings. The molecule has 0 heterocycles. The third-order valence-corrected chi connectivity index (χ3v) is 4.80. The lowest BCUT2D eigenvalue weighted by Crippen LogP contribution is -2.20. The van der Waals surface area contributed by atoms with Crippen LogP contribution in [-0.4, -0.2) is 12.5 Å². The Morgan fingerprint density at radius 1 is 0.913 bits per heavy atom. The lowest BCUT2D eigenvalue weighted by atomic mass is 10.3. The maximum Gasteiger partial charge on any atom is 0.262 e. The summed E-state index contributed by atoms with van der Waals surface area (Å²) in [7, 11) is 0. The number of amides is 1. The van der Waals surface area contributed by atoms with Crippen molar-refractivity contribution >= 4 is 81.2 Å². The van der Waals surface area contributed by atoms with E-state index in [4.69, 9.17) is 74.3 Å². The Hall–Kier alpha value is -0.550. The lowest BCUT2D eigenvalue weighted by Gasteiger charge is -2.13. The molecule has 2 aromatic carbocycles. The van der Waals surface area contributed by atoms with Crippen molar-refractivity contribution in [3.63, 3.8) is 0 Å². The number of hydrogen-bond donors (Lipinski definition) is 1. The molecule has 0 aliphatic rings. The van der Waals surface area contributed by atoms with Gasteiger partial charge >= 0.3 is 0 Å². The average Bonchev–Trinajstić information content (AvgIpc) is 2.49. The van der Waals surface area contributed by atoms with Gasteiger partial charge in [-0.25, -0.2) is 0 Å². The molecule has 0 saturated carbocycles. The van der Waals surface area contributed by atoms with Gasteiger partial charge in [0.2, 0.25) is 0 Å². The van der Waals surface area contributed by atoms with Gasteiger partial charge in [0, 0.05) is 0 Å². The molecule has 9 heteroatoms. The molecule has 1 N–H and O–H groups in total. The Morgan fingerprint density at radius 2 is 1.52 bits per heavy atom. The highest BCUT2D eigenvalue weighted by Crippen LogP contribution is 2.42. The Bertz CT molecular complexity index is 745. The van der Waals surface area contributed by atoms with Crippen LogP contribution in [0, 0.1) is 0 Å². The number of hydrogen-bond acceptors (Lipinski definition) is 2. The summed E-state index contributed by atoms with van der Waals surface area (Å²) in [5, 5.41) is 3.57. The van der Waals surface area contributed by atoms with E-state index < -0.39 is 5.91 Å². The van der Waals surface area contributed by atoms with Crippen molar-refractivity contribution < 1.29 is 9.53 Å². The fraction of sp³-hybridized carbons (Fsp3) is 0.0714. The van der Waals surface area contributed by atoms with Crippen molar-refractivity contribution in [1.29, 1.82) is 0 Å². The average molecular weight is 434 g/mol. The quantitative estimate of drug-likeness (QED) is 0.434. The van der Waals surface area contributed by atoms with Crippen LogP contribution in [0.25, 0.3) is 0 Å². The van der Waals surface area contributed by atoms with E-state index in [1.165, 1.54) is 6.07 Å². The van der Waals surface area contributed by atoms with Gasteiger partial charge in [-0.05, 0) is 18.2 Å². The summed E-state index contributed by atoms with van der Waals surface area (Å²) in [6.07, 6.45) is 0. The predicted molar refractivity (Wildman–Crippen MR) is 97.1 cm³/mol. The number of halogens is 6.